The van der Waals surface area contributed by atoms with E-state index in [1.807, 2.05) is 31.5 Å². The molecule has 0 saturated carbocycles. The first-order valence-corrected chi connectivity index (χ1v) is 13.5. The largest absolute Gasteiger partial charge is 0.466 e. The molecular weight excluding hydrogens is 561 g/mol. The van der Waals surface area contributed by atoms with Crippen molar-refractivity contribution in [2.75, 3.05) is 12.0 Å². The van der Waals surface area contributed by atoms with Crippen LogP contribution in [0.4, 0.5) is 24.8 Å². The van der Waals surface area contributed by atoms with E-state index in [1.165, 1.54) is 28.7 Å². The number of esters is 1. The van der Waals surface area contributed by atoms with Crippen LogP contribution in [0.5, 0.6) is 0 Å². The standard InChI is InChI=1S/C31H27F3N6O3/c1-19-7-5-13-38(18-19)14-6-8-22-15-21(17-35)11-12-25(22)27-26(28(41)43-3)20(2)39(29-36-37-30(42)40(27)29)24-10-4-9-23(16-24)31(32,33)34/h4-5,7,9-13,15-16,18,27H,6,8,14H2,1-3H3/p+1/t27-/m1/s1. The van der Waals surface area contributed by atoms with Crippen molar-refractivity contribution in [3.63, 3.8) is 0 Å². The number of hydrogen-bond donors (Lipinski definition) is 1. The number of carbonyl (C=O) groups excluding carboxylic acids is 1. The summed E-state index contributed by atoms with van der Waals surface area (Å²) in [5.74, 6) is -0.756. The number of benzene rings is 2. The highest BCUT2D eigenvalue weighted by Crippen LogP contribution is 2.43. The molecule has 3 heterocycles. The smallest absolute Gasteiger partial charge is 0.416 e. The molecule has 1 aliphatic heterocycles. The zero-order valence-electron chi connectivity index (χ0n) is 23.6. The maximum Gasteiger partial charge on any atom is 0.416 e. The van der Waals surface area contributed by atoms with E-state index < -0.39 is 29.4 Å². The second-order valence-corrected chi connectivity index (χ2v) is 10.2. The van der Waals surface area contributed by atoms with E-state index in [0.29, 0.717) is 30.5 Å². The summed E-state index contributed by atoms with van der Waals surface area (Å²) >= 11 is 0. The quantitative estimate of drug-likeness (QED) is 0.243. The Balaban J connectivity index is 1.65. The van der Waals surface area contributed by atoms with Crippen LogP contribution in [0.15, 0.2) is 83.1 Å². The van der Waals surface area contributed by atoms with Crippen molar-refractivity contribution in [3.8, 4) is 6.07 Å². The minimum absolute atomic E-state index is 0.00473. The molecule has 1 N–H and O–H groups in total. The number of aromatic amines is 1. The van der Waals surface area contributed by atoms with Gasteiger partial charge in [0, 0.05) is 29.4 Å². The first-order valence-electron chi connectivity index (χ1n) is 13.5. The highest BCUT2D eigenvalue weighted by atomic mass is 19.4. The summed E-state index contributed by atoms with van der Waals surface area (Å²) in [6.07, 6.45) is 0.560. The first-order chi connectivity index (χ1) is 20.5. The first kappa shape index (κ1) is 29.3. The minimum atomic E-state index is -4.61. The summed E-state index contributed by atoms with van der Waals surface area (Å²) in [5, 5.41) is 16.2. The number of halogens is 3. The Hall–Kier alpha value is -5.18. The molecule has 12 heteroatoms. The lowest BCUT2D eigenvalue weighted by Gasteiger charge is -2.36. The Kier molecular flexibility index (Phi) is 7.91. The van der Waals surface area contributed by atoms with Gasteiger partial charge in [0.15, 0.2) is 12.4 Å². The molecular formula is C31H28F3N6O3+. The number of pyridine rings is 1. The summed E-state index contributed by atoms with van der Waals surface area (Å²) in [7, 11) is 1.20. The van der Waals surface area contributed by atoms with Gasteiger partial charge in [-0.15, -0.1) is 5.10 Å². The fourth-order valence-electron chi connectivity index (χ4n) is 5.48. The van der Waals surface area contributed by atoms with Gasteiger partial charge in [-0.1, -0.05) is 12.1 Å². The number of nitrogens with one attached hydrogen (secondary N) is 1. The average Bonchev–Trinajstić information content (AvgIpc) is 3.36. The van der Waals surface area contributed by atoms with E-state index >= 15 is 0 Å². The molecule has 2 aromatic carbocycles. The number of methoxy groups -OCH3 is 1. The summed E-state index contributed by atoms with van der Waals surface area (Å²) < 4.78 is 49.2. The van der Waals surface area contributed by atoms with Gasteiger partial charge < -0.3 is 4.74 Å². The van der Waals surface area contributed by atoms with Gasteiger partial charge in [-0.05, 0) is 67.8 Å². The number of aromatic nitrogens is 4. The van der Waals surface area contributed by atoms with E-state index in [4.69, 9.17) is 4.74 Å². The van der Waals surface area contributed by atoms with Crippen molar-refractivity contribution in [1.82, 2.24) is 14.8 Å². The summed E-state index contributed by atoms with van der Waals surface area (Å²) in [6.45, 7) is 4.25. The third kappa shape index (κ3) is 5.66. The van der Waals surface area contributed by atoms with Crippen molar-refractivity contribution < 1.29 is 27.3 Å². The molecule has 1 aliphatic rings. The number of hydrogen-bond acceptors (Lipinski definition) is 6. The van der Waals surface area contributed by atoms with Crippen molar-refractivity contribution in [2.24, 2.45) is 0 Å². The molecule has 2 aromatic heterocycles. The fourth-order valence-corrected chi connectivity index (χ4v) is 5.48. The molecule has 0 radical (unpaired) electrons. The number of nitrogens with zero attached hydrogens (tertiary/aromatic N) is 5. The van der Waals surface area contributed by atoms with Gasteiger partial charge in [0.05, 0.1) is 29.9 Å². The van der Waals surface area contributed by atoms with E-state index in [9.17, 15) is 28.0 Å². The van der Waals surface area contributed by atoms with Gasteiger partial charge in [0.2, 0.25) is 5.95 Å². The maximum atomic E-state index is 13.6. The third-order valence-electron chi connectivity index (χ3n) is 7.41. The molecule has 0 fully saturated rings. The van der Waals surface area contributed by atoms with E-state index in [2.05, 4.69) is 20.8 Å². The zero-order valence-corrected chi connectivity index (χ0v) is 23.6. The second kappa shape index (κ2) is 11.6. The summed E-state index contributed by atoms with van der Waals surface area (Å²) in [5.41, 5.74) is 1.60. The lowest BCUT2D eigenvalue weighted by atomic mass is 9.88. The van der Waals surface area contributed by atoms with Crippen molar-refractivity contribution >= 4 is 17.6 Å². The molecule has 0 saturated heterocycles. The van der Waals surface area contributed by atoms with Gasteiger partial charge in [-0.25, -0.2) is 23.8 Å². The normalized spacial score (nSPS) is 14.8. The second-order valence-electron chi connectivity index (χ2n) is 10.2. The molecule has 0 aliphatic carbocycles. The number of anilines is 2. The molecule has 4 aromatic rings. The van der Waals surface area contributed by atoms with Crippen LogP contribution in [0.25, 0.3) is 0 Å². The number of fused-ring (bicyclic) bond motifs is 1. The number of H-pyrrole nitrogens is 1. The number of nitriles is 1. The molecule has 0 unspecified atom stereocenters. The minimum Gasteiger partial charge on any atom is -0.466 e. The SMILES string of the molecule is COC(=O)C1=C(C)N(c2cccc(C(F)(F)F)c2)c2n[nH]c(=O)n2[C@@H]1c1ccc(C#N)cc1CCC[n+]1cccc(C)c1. The van der Waals surface area contributed by atoms with E-state index in [1.54, 1.807) is 25.1 Å². The van der Waals surface area contributed by atoms with E-state index in [-0.39, 0.29) is 22.9 Å². The number of carbonyl (C=O) groups is 1. The summed E-state index contributed by atoms with van der Waals surface area (Å²) in [6, 6.07) is 14.6. The maximum absolute atomic E-state index is 13.6. The van der Waals surface area contributed by atoms with Crippen molar-refractivity contribution in [2.45, 2.75) is 45.5 Å². The summed E-state index contributed by atoms with van der Waals surface area (Å²) in [4.78, 5) is 28.0. The Morgan fingerprint density at radius 1 is 1.16 bits per heavy atom. The monoisotopic (exact) mass is 589 g/mol. The van der Waals surface area contributed by atoms with Gasteiger partial charge in [-0.2, -0.15) is 18.4 Å². The molecule has 220 valence electrons. The van der Waals surface area contributed by atoms with Crippen LogP contribution < -0.4 is 15.2 Å². The highest BCUT2D eigenvalue weighted by molar-refractivity contribution is 5.93. The molecule has 1 atom stereocenters. The van der Waals surface area contributed by atoms with E-state index in [0.717, 1.165) is 23.3 Å². The Labute approximate surface area is 245 Å². The molecule has 0 bridgehead atoms. The van der Waals surface area contributed by atoms with Gasteiger partial charge in [-0.3, -0.25) is 4.90 Å². The van der Waals surface area contributed by atoms with Crippen LogP contribution >= 0.6 is 0 Å². The topological polar surface area (TPSA) is 108 Å². The van der Waals surface area contributed by atoms with Crippen molar-refractivity contribution in [1.29, 1.82) is 5.26 Å². The van der Waals surface area contributed by atoms with Gasteiger partial charge in [0.25, 0.3) is 0 Å². The van der Waals surface area contributed by atoms with Gasteiger partial charge >= 0.3 is 17.8 Å². The lowest BCUT2D eigenvalue weighted by Crippen LogP contribution is -2.38. The molecule has 0 amide bonds. The predicted octanol–water partition coefficient (Wildman–Crippen LogP) is 4.88. The number of allylic oxidation sites excluding steroid dienone is 1. The third-order valence-corrected chi connectivity index (χ3v) is 7.41. The lowest BCUT2D eigenvalue weighted by molar-refractivity contribution is -0.697. The van der Waals surface area contributed by atoms with Gasteiger partial charge in [0.1, 0.15) is 12.6 Å². The zero-order chi connectivity index (χ0) is 30.9. The number of alkyl halides is 3. The Morgan fingerprint density at radius 2 is 1.95 bits per heavy atom. The Bertz CT molecular complexity index is 1830. The van der Waals surface area contributed by atoms with Crippen LogP contribution in [0.3, 0.4) is 0 Å². The fraction of sp³-hybridized carbons (Fsp3) is 0.258. The highest BCUT2D eigenvalue weighted by Gasteiger charge is 2.41. The van der Waals surface area contributed by atoms with Crippen LogP contribution in [0, 0.1) is 18.3 Å². The van der Waals surface area contributed by atoms with Crippen LogP contribution in [0.1, 0.15) is 47.2 Å². The average molecular weight is 590 g/mol. The molecule has 5 rings (SSSR count). The van der Waals surface area contributed by atoms with Crippen LogP contribution in [-0.2, 0) is 28.7 Å². The molecule has 0 spiro atoms. The molecule has 9 nitrogen and oxygen atoms in total. The molecule has 43 heavy (non-hydrogen) atoms. The van der Waals surface area contributed by atoms with Crippen molar-refractivity contribution in [3.05, 3.63) is 117 Å². The van der Waals surface area contributed by atoms with Crippen LogP contribution in [0.2, 0.25) is 0 Å². The number of rotatable bonds is 7. The number of aryl methyl sites for hydroxylation is 3. The predicted molar refractivity (Wildman–Crippen MR) is 150 cm³/mol. The van der Waals surface area contributed by atoms with Crippen LogP contribution in [-0.4, -0.2) is 27.8 Å². The number of ether oxygens (including phenoxy) is 1. The Morgan fingerprint density at radius 3 is 2.65 bits per heavy atom.